The van der Waals surface area contributed by atoms with Crippen LogP contribution in [0, 0.1) is 0 Å². The molecule has 2 aromatic rings. The molecule has 1 aromatic carbocycles. The number of nitrogens with two attached hydrogens (primary N) is 1. The minimum atomic E-state index is -4.94. The van der Waals surface area contributed by atoms with Crippen molar-refractivity contribution in [2.75, 3.05) is 6.61 Å². The quantitative estimate of drug-likeness (QED) is 0.881. The molecule has 2 N–H and O–H groups in total. The van der Waals surface area contributed by atoms with Crippen LogP contribution in [-0.4, -0.2) is 29.3 Å². The lowest BCUT2D eigenvalue weighted by Crippen LogP contribution is -2.61. The first-order valence-electron chi connectivity index (χ1n) is 6.65. The summed E-state index contributed by atoms with van der Waals surface area (Å²) < 4.78 is 44.2. The van der Waals surface area contributed by atoms with E-state index in [1.165, 1.54) is 13.0 Å². The first-order chi connectivity index (χ1) is 10.3. The molecule has 0 bridgehead atoms. The third kappa shape index (κ3) is 3.04. The summed E-state index contributed by atoms with van der Waals surface area (Å²) in [7, 11) is 0. The van der Waals surface area contributed by atoms with Crippen molar-refractivity contribution in [2.45, 2.75) is 25.1 Å². The monoisotopic (exact) mass is 312 g/mol. The van der Waals surface area contributed by atoms with Crippen molar-refractivity contribution in [3.05, 3.63) is 42.1 Å². The van der Waals surface area contributed by atoms with Crippen molar-refractivity contribution in [2.24, 2.45) is 5.73 Å². The Labute approximate surface area is 125 Å². The number of esters is 1. The summed E-state index contributed by atoms with van der Waals surface area (Å²) in [6.45, 7) is 1.24. The fourth-order valence-corrected chi connectivity index (χ4v) is 2.04. The van der Waals surface area contributed by atoms with E-state index in [0.29, 0.717) is 5.52 Å². The fourth-order valence-electron chi connectivity index (χ4n) is 2.04. The van der Waals surface area contributed by atoms with Gasteiger partial charge >= 0.3 is 12.1 Å². The molecule has 0 amide bonds. The summed E-state index contributed by atoms with van der Waals surface area (Å²) >= 11 is 0. The predicted octanol–water partition coefficient (Wildman–Crippen LogP) is 2.60. The minimum Gasteiger partial charge on any atom is -0.464 e. The Morgan fingerprint density at radius 3 is 2.55 bits per heavy atom. The summed E-state index contributed by atoms with van der Waals surface area (Å²) in [5.74, 6) is -1.50. The normalized spacial score (nSPS) is 14.6. The van der Waals surface area contributed by atoms with Crippen LogP contribution in [0.2, 0.25) is 0 Å². The van der Waals surface area contributed by atoms with Gasteiger partial charge < -0.3 is 10.5 Å². The maximum atomic E-state index is 13.2. The van der Waals surface area contributed by atoms with Gasteiger partial charge in [0.2, 0.25) is 5.54 Å². The molecule has 22 heavy (non-hydrogen) atoms. The van der Waals surface area contributed by atoms with Crippen molar-refractivity contribution in [3.63, 3.8) is 0 Å². The Morgan fingerprint density at radius 1 is 1.23 bits per heavy atom. The van der Waals surface area contributed by atoms with Crippen LogP contribution in [0.5, 0.6) is 0 Å². The number of carbonyl (C=O) groups is 1. The van der Waals surface area contributed by atoms with E-state index in [1.54, 1.807) is 30.3 Å². The third-order valence-corrected chi connectivity index (χ3v) is 3.26. The summed E-state index contributed by atoms with van der Waals surface area (Å²) in [6.07, 6.45) is -5.72. The van der Waals surface area contributed by atoms with Crippen LogP contribution in [-0.2, 0) is 16.0 Å². The van der Waals surface area contributed by atoms with Gasteiger partial charge in [0.1, 0.15) is 0 Å². The highest BCUT2D eigenvalue weighted by Gasteiger charge is 2.59. The van der Waals surface area contributed by atoms with Gasteiger partial charge in [-0.25, -0.2) is 4.79 Å². The molecule has 0 fully saturated rings. The van der Waals surface area contributed by atoms with Crippen molar-refractivity contribution in [3.8, 4) is 0 Å². The van der Waals surface area contributed by atoms with E-state index in [1.807, 2.05) is 0 Å². The summed E-state index contributed by atoms with van der Waals surface area (Å²) in [6, 6.07) is 10.1. The minimum absolute atomic E-state index is 0.0755. The summed E-state index contributed by atoms with van der Waals surface area (Å²) in [5, 5.41) is 0.789. The fraction of sp³-hybridized carbons (Fsp3) is 0.333. The largest absolute Gasteiger partial charge is 0.464 e. The standard InChI is InChI=1S/C15H15F3N2O2/c1-2-22-13(21)14(19,15(16,17)18)9-11-8-7-10-5-3-4-6-12(10)20-11/h3-8H,2,9,19H2,1H3/t14-/m1/s1. The first kappa shape index (κ1) is 16.2. The topological polar surface area (TPSA) is 65.2 Å². The van der Waals surface area contributed by atoms with Gasteiger partial charge in [-0.3, -0.25) is 4.98 Å². The summed E-state index contributed by atoms with van der Waals surface area (Å²) in [4.78, 5) is 15.8. The van der Waals surface area contributed by atoms with Crippen LogP contribution < -0.4 is 5.73 Å². The van der Waals surface area contributed by atoms with E-state index in [2.05, 4.69) is 9.72 Å². The maximum Gasteiger partial charge on any atom is 0.417 e. The van der Waals surface area contributed by atoms with Gasteiger partial charge in [0.15, 0.2) is 0 Å². The second kappa shape index (κ2) is 5.92. The smallest absolute Gasteiger partial charge is 0.417 e. The van der Waals surface area contributed by atoms with Crippen molar-refractivity contribution < 1.29 is 22.7 Å². The molecule has 1 aromatic heterocycles. The highest BCUT2D eigenvalue weighted by molar-refractivity contribution is 5.83. The van der Waals surface area contributed by atoms with Crippen LogP contribution in [0.1, 0.15) is 12.6 Å². The Morgan fingerprint density at radius 2 is 1.91 bits per heavy atom. The zero-order valence-corrected chi connectivity index (χ0v) is 11.9. The molecule has 1 atom stereocenters. The number of alkyl halides is 3. The van der Waals surface area contributed by atoms with Gasteiger partial charge in [-0.05, 0) is 19.1 Å². The van der Waals surface area contributed by atoms with Crippen molar-refractivity contribution >= 4 is 16.9 Å². The molecule has 2 rings (SSSR count). The molecule has 0 saturated heterocycles. The number of pyridine rings is 1. The number of rotatable bonds is 4. The van der Waals surface area contributed by atoms with Crippen LogP contribution in [0.25, 0.3) is 10.9 Å². The Kier molecular flexibility index (Phi) is 4.37. The van der Waals surface area contributed by atoms with Crippen LogP contribution in [0.3, 0.4) is 0 Å². The number of fused-ring (bicyclic) bond motifs is 1. The van der Waals surface area contributed by atoms with Gasteiger partial charge in [0.25, 0.3) is 0 Å². The van der Waals surface area contributed by atoms with E-state index in [9.17, 15) is 18.0 Å². The van der Waals surface area contributed by atoms with E-state index in [4.69, 9.17) is 5.73 Å². The van der Waals surface area contributed by atoms with Gasteiger partial charge in [0.05, 0.1) is 12.1 Å². The lowest BCUT2D eigenvalue weighted by molar-refractivity contribution is -0.205. The molecular formula is C15H15F3N2O2. The first-order valence-corrected chi connectivity index (χ1v) is 6.65. The van der Waals surface area contributed by atoms with Gasteiger partial charge in [0, 0.05) is 17.5 Å². The molecule has 4 nitrogen and oxygen atoms in total. The number of nitrogens with zero attached hydrogens (tertiary/aromatic N) is 1. The highest BCUT2D eigenvalue weighted by atomic mass is 19.4. The SMILES string of the molecule is CCOC(=O)[C@](N)(Cc1ccc2ccccc2n1)C(F)(F)F. The second-order valence-electron chi connectivity index (χ2n) is 4.86. The number of aromatic nitrogens is 1. The molecule has 7 heteroatoms. The highest BCUT2D eigenvalue weighted by Crippen LogP contribution is 2.32. The van der Waals surface area contributed by atoms with Crippen LogP contribution in [0.4, 0.5) is 13.2 Å². The van der Waals surface area contributed by atoms with Gasteiger partial charge in [-0.15, -0.1) is 0 Å². The lowest BCUT2D eigenvalue weighted by atomic mass is 9.93. The number of carbonyl (C=O) groups excluding carboxylic acids is 1. The Hall–Kier alpha value is -2.15. The predicted molar refractivity (Wildman–Crippen MR) is 75.1 cm³/mol. The zero-order chi connectivity index (χ0) is 16.4. The van der Waals surface area contributed by atoms with E-state index < -0.39 is 24.1 Å². The van der Waals surface area contributed by atoms with Crippen molar-refractivity contribution in [1.82, 2.24) is 4.98 Å². The van der Waals surface area contributed by atoms with Gasteiger partial charge in [-0.2, -0.15) is 13.2 Å². The second-order valence-corrected chi connectivity index (χ2v) is 4.86. The Balaban J connectivity index is 2.38. The average molecular weight is 312 g/mol. The lowest BCUT2D eigenvalue weighted by Gasteiger charge is -2.29. The molecule has 0 radical (unpaired) electrons. The maximum absolute atomic E-state index is 13.2. The van der Waals surface area contributed by atoms with Gasteiger partial charge in [-0.1, -0.05) is 24.3 Å². The molecular weight excluding hydrogens is 297 g/mol. The molecule has 0 aliphatic carbocycles. The van der Waals surface area contributed by atoms with Crippen LogP contribution >= 0.6 is 0 Å². The molecule has 0 unspecified atom stereocenters. The number of ether oxygens (including phenoxy) is 1. The Bertz CT molecular complexity index is 688. The van der Waals surface area contributed by atoms with E-state index >= 15 is 0 Å². The van der Waals surface area contributed by atoms with Crippen molar-refractivity contribution in [1.29, 1.82) is 0 Å². The molecule has 0 aliphatic heterocycles. The molecule has 0 spiro atoms. The molecule has 0 saturated carbocycles. The number of benzene rings is 1. The summed E-state index contributed by atoms with van der Waals surface area (Å²) in [5.41, 5.74) is 2.84. The zero-order valence-electron chi connectivity index (χ0n) is 11.9. The molecule has 1 heterocycles. The number of hydrogen-bond donors (Lipinski definition) is 1. The number of hydrogen-bond acceptors (Lipinski definition) is 4. The van der Waals surface area contributed by atoms with Crippen LogP contribution in [0.15, 0.2) is 36.4 Å². The molecule has 0 aliphatic rings. The van der Waals surface area contributed by atoms with E-state index in [-0.39, 0.29) is 12.3 Å². The molecule has 118 valence electrons. The third-order valence-electron chi connectivity index (χ3n) is 3.26. The average Bonchev–Trinajstić information content (AvgIpc) is 2.46. The number of halogens is 3. The number of para-hydroxylation sites is 1. The van der Waals surface area contributed by atoms with E-state index in [0.717, 1.165) is 5.39 Å².